The molecule has 1 aromatic rings. The minimum absolute atomic E-state index is 0.236. The Kier molecular flexibility index (Phi) is 6.68. The highest BCUT2D eigenvalue weighted by Gasteiger charge is 2.09. The molecule has 0 radical (unpaired) electrons. The summed E-state index contributed by atoms with van der Waals surface area (Å²) in [6.45, 7) is 6.22. The Labute approximate surface area is 114 Å². The van der Waals surface area contributed by atoms with Gasteiger partial charge < -0.3 is 14.2 Å². The van der Waals surface area contributed by atoms with Crippen LogP contribution in [-0.2, 0) is 14.3 Å². The highest BCUT2D eigenvalue weighted by atomic mass is 16.5. The molecule has 0 amide bonds. The zero-order valence-corrected chi connectivity index (χ0v) is 11.4. The van der Waals surface area contributed by atoms with E-state index in [-0.39, 0.29) is 18.5 Å². The van der Waals surface area contributed by atoms with Crippen LogP contribution < -0.4 is 4.74 Å². The third-order valence-corrected chi connectivity index (χ3v) is 2.57. The molecule has 0 heterocycles. The first-order valence-electron chi connectivity index (χ1n) is 6.25. The van der Waals surface area contributed by atoms with Crippen LogP contribution in [0.1, 0.15) is 25.0 Å². The topological polar surface area (TPSA) is 44.8 Å². The van der Waals surface area contributed by atoms with Crippen LogP contribution in [0.3, 0.4) is 0 Å². The Morgan fingerprint density at radius 3 is 2.58 bits per heavy atom. The van der Waals surface area contributed by atoms with Crippen molar-refractivity contribution in [3.05, 3.63) is 42.5 Å². The average molecular weight is 264 g/mol. The molecule has 1 unspecified atom stereocenters. The molecule has 4 heteroatoms. The molecule has 0 N–H and O–H groups in total. The monoisotopic (exact) mass is 264 g/mol. The molecule has 0 saturated heterocycles. The lowest BCUT2D eigenvalue weighted by Gasteiger charge is -2.14. The van der Waals surface area contributed by atoms with Crippen molar-refractivity contribution in [3.63, 3.8) is 0 Å². The van der Waals surface area contributed by atoms with E-state index in [1.165, 1.54) is 0 Å². The average Bonchev–Trinajstić information content (AvgIpc) is 2.44. The van der Waals surface area contributed by atoms with Crippen molar-refractivity contribution >= 4 is 5.97 Å². The zero-order chi connectivity index (χ0) is 14.1. The molecule has 0 aliphatic carbocycles. The molecular formula is C15H20O4. The molecule has 1 aromatic carbocycles. The van der Waals surface area contributed by atoms with Gasteiger partial charge in [-0.2, -0.15) is 0 Å². The lowest BCUT2D eigenvalue weighted by molar-refractivity contribution is -0.144. The fourth-order valence-corrected chi connectivity index (χ4v) is 1.60. The minimum Gasteiger partial charge on any atom is -0.497 e. The van der Waals surface area contributed by atoms with Gasteiger partial charge in [-0.15, -0.1) is 6.58 Å². The van der Waals surface area contributed by atoms with Gasteiger partial charge >= 0.3 is 5.97 Å². The van der Waals surface area contributed by atoms with Crippen LogP contribution in [0.25, 0.3) is 0 Å². The second-order valence-electron chi connectivity index (χ2n) is 3.86. The molecule has 1 atom stereocenters. The molecule has 0 aliphatic rings. The van der Waals surface area contributed by atoms with Gasteiger partial charge in [0.05, 0.1) is 26.7 Å². The van der Waals surface area contributed by atoms with Gasteiger partial charge in [0.25, 0.3) is 0 Å². The summed E-state index contributed by atoms with van der Waals surface area (Å²) in [7, 11) is 1.62. The first kappa shape index (κ1) is 15.2. The summed E-state index contributed by atoms with van der Waals surface area (Å²) in [5.41, 5.74) is 0.972. The maximum absolute atomic E-state index is 11.2. The molecule has 19 heavy (non-hydrogen) atoms. The van der Waals surface area contributed by atoms with E-state index >= 15 is 0 Å². The number of hydrogen-bond acceptors (Lipinski definition) is 4. The largest absolute Gasteiger partial charge is 0.497 e. The highest BCUT2D eigenvalue weighted by Crippen LogP contribution is 2.21. The molecule has 0 bridgehead atoms. The number of benzene rings is 1. The molecule has 4 nitrogen and oxygen atoms in total. The van der Waals surface area contributed by atoms with Crippen molar-refractivity contribution in [1.82, 2.24) is 0 Å². The quantitative estimate of drug-likeness (QED) is 0.535. The summed E-state index contributed by atoms with van der Waals surface area (Å²) < 4.78 is 15.5. The van der Waals surface area contributed by atoms with Crippen molar-refractivity contribution in [2.24, 2.45) is 0 Å². The van der Waals surface area contributed by atoms with Crippen LogP contribution >= 0.6 is 0 Å². The number of ether oxygens (including phenoxy) is 3. The van der Waals surface area contributed by atoms with Crippen molar-refractivity contribution < 1.29 is 19.0 Å². The fraction of sp³-hybridized carbons (Fsp3) is 0.400. The molecule has 0 saturated carbocycles. The number of hydrogen-bond donors (Lipinski definition) is 0. The molecule has 104 valence electrons. The predicted octanol–water partition coefficient (Wildman–Crippen LogP) is 2.89. The third-order valence-electron chi connectivity index (χ3n) is 2.57. The van der Waals surface area contributed by atoms with E-state index < -0.39 is 0 Å². The third kappa shape index (κ3) is 5.14. The Hall–Kier alpha value is -1.81. The summed E-state index contributed by atoms with van der Waals surface area (Å²) in [5.74, 6) is 0.540. The van der Waals surface area contributed by atoms with E-state index in [1.54, 1.807) is 20.1 Å². The smallest absolute Gasteiger partial charge is 0.308 e. The summed E-state index contributed by atoms with van der Waals surface area (Å²) >= 11 is 0. The van der Waals surface area contributed by atoms with Crippen molar-refractivity contribution in [2.75, 3.05) is 20.3 Å². The maximum atomic E-state index is 11.2. The van der Waals surface area contributed by atoms with Gasteiger partial charge in [-0.3, -0.25) is 4.79 Å². The molecule has 0 spiro atoms. The molecule has 0 aliphatic heterocycles. The van der Waals surface area contributed by atoms with E-state index in [1.807, 2.05) is 24.3 Å². The van der Waals surface area contributed by atoms with Crippen molar-refractivity contribution in [3.8, 4) is 5.75 Å². The van der Waals surface area contributed by atoms with Crippen LogP contribution in [0.5, 0.6) is 5.75 Å². The van der Waals surface area contributed by atoms with E-state index in [0.717, 1.165) is 11.3 Å². The maximum Gasteiger partial charge on any atom is 0.308 e. The van der Waals surface area contributed by atoms with Gasteiger partial charge in [-0.25, -0.2) is 0 Å². The second-order valence-corrected chi connectivity index (χ2v) is 3.86. The first-order chi connectivity index (χ1) is 9.21. The second kappa shape index (κ2) is 8.32. The fourth-order valence-electron chi connectivity index (χ4n) is 1.60. The van der Waals surface area contributed by atoms with E-state index in [2.05, 4.69) is 6.58 Å². The number of methoxy groups -OCH3 is 1. The summed E-state index contributed by atoms with van der Waals surface area (Å²) in [6.07, 6.45) is 1.71. The Bertz CT molecular complexity index is 397. The standard InChI is InChI=1S/C15H20O4/c1-4-14(19-11-10-15(16)18-5-2)12-6-8-13(17-3)9-7-12/h4,6-9,14H,1,5,10-11H2,2-3H3. The van der Waals surface area contributed by atoms with E-state index in [9.17, 15) is 4.79 Å². The van der Waals surface area contributed by atoms with Gasteiger partial charge in [0, 0.05) is 0 Å². The highest BCUT2D eigenvalue weighted by molar-refractivity contribution is 5.69. The van der Waals surface area contributed by atoms with Crippen LogP contribution in [0.4, 0.5) is 0 Å². The Balaban J connectivity index is 2.48. The Morgan fingerprint density at radius 2 is 2.05 bits per heavy atom. The van der Waals surface area contributed by atoms with Crippen LogP contribution in [0.2, 0.25) is 0 Å². The normalized spacial score (nSPS) is 11.7. The predicted molar refractivity (Wildman–Crippen MR) is 73.1 cm³/mol. The summed E-state index contributed by atoms with van der Waals surface area (Å²) in [5, 5.41) is 0. The van der Waals surface area contributed by atoms with Crippen LogP contribution in [0, 0.1) is 0 Å². The molecule has 0 fully saturated rings. The first-order valence-corrected chi connectivity index (χ1v) is 6.25. The zero-order valence-electron chi connectivity index (χ0n) is 11.4. The molecule has 1 rings (SSSR count). The van der Waals surface area contributed by atoms with Gasteiger partial charge in [-0.1, -0.05) is 18.2 Å². The van der Waals surface area contributed by atoms with Gasteiger partial charge in [0.2, 0.25) is 0 Å². The summed E-state index contributed by atoms with van der Waals surface area (Å²) in [4.78, 5) is 11.2. The van der Waals surface area contributed by atoms with Crippen molar-refractivity contribution in [2.45, 2.75) is 19.4 Å². The lowest BCUT2D eigenvalue weighted by Crippen LogP contribution is -2.10. The summed E-state index contributed by atoms with van der Waals surface area (Å²) in [6, 6.07) is 7.55. The minimum atomic E-state index is -0.250. The van der Waals surface area contributed by atoms with Gasteiger partial charge in [0.15, 0.2) is 0 Å². The van der Waals surface area contributed by atoms with Crippen molar-refractivity contribution in [1.29, 1.82) is 0 Å². The van der Waals surface area contributed by atoms with E-state index in [0.29, 0.717) is 13.2 Å². The molecule has 0 aromatic heterocycles. The van der Waals surface area contributed by atoms with Crippen LogP contribution in [-0.4, -0.2) is 26.3 Å². The van der Waals surface area contributed by atoms with Gasteiger partial charge in [0.1, 0.15) is 11.9 Å². The number of carbonyl (C=O) groups is 1. The Morgan fingerprint density at radius 1 is 1.37 bits per heavy atom. The number of rotatable bonds is 8. The SMILES string of the molecule is C=CC(OCCC(=O)OCC)c1ccc(OC)cc1. The van der Waals surface area contributed by atoms with Crippen LogP contribution in [0.15, 0.2) is 36.9 Å². The van der Waals surface area contributed by atoms with E-state index in [4.69, 9.17) is 14.2 Å². The number of carbonyl (C=O) groups excluding carboxylic acids is 1. The number of esters is 1. The lowest BCUT2D eigenvalue weighted by atomic mass is 10.1. The van der Waals surface area contributed by atoms with Gasteiger partial charge in [-0.05, 0) is 24.6 Å². The molecular weight excluding hydrogens is 244 g/mol.